The minimum absolute atomic E-state index is 0.351. The topological polar surface area (TPSA) is 28.7 Å². The van der Waals surface area contributed by atoms with Gasteiger partial charge in [0.25, 0.3) is 0 Å². The first-order valence-electron chi connectivity index (χ1n) is 7.42. The fraction of sp³-hybridized carbons (Fsp3) is 0.167. The number of aromatic nitrogens is 2. The SMILES string of the molecule is Fc1ccc(/C(=C/c2ccc3n[nH]c(F)c3c2)C2CC2)c(Cl)c1. The molecule has 1 saturated carbocycles. The molecule has 0 saturated heterocycles. The molecule has 2 aromatic carbocycles. The van der Waals surface area contributed by atoms with Gasteiger partial charge in [-0.1, -0.05) is 29.8 Å². The Labute approximate surface area is 136 Å². The molecule has 0 radical (unpaired) electrons. The third kappa shape index (κ3) is 2.75. The van der Waals surface area contributed by atoms with Crippen molar-refractivity contribution in [2.45, 2.75) is 12.8 Å². The monoisotopic (exact) mass is 330 g/mol. The van der Waals surface area contributed by atoms with E-state index in [1.807, 2.05) is 12.1 Å². The van der Waals surface area contributed by atoms with Crippen LogP contribution in [0, 0.1) is 17.7 Å². The summed E-state index contributed by atoms with van der Waals surface area (Å²) >= 11 is 6.21. The fourth-order valence-corrected chi connectivity index (χ4v) is 3.08. The Morgan fingerprint density at radius 2 is 2.00 bits per heavy atom. The lowest BCUT2D eigenvalue weighted by atomic mass is 9.98. The van der Waals surface area contributed by atoms with Gasteiger partial charge in [-0.2, -0.15) is 9.49 Å². The van der Waals surface area contributed by atoms with Gasteiger partial charge in [-0.25, -0.2) is 4.39 Å². The van der Waals surface area contributed by atoms with Gasteiger partial charge in [0.2, 0.25) is 5.95 Å². The van der Waals surface area contributed by atoms with Crippen molar-refractivity contribution in [3.63, 3.8) is 0 Å². The van der Waals surface area contributed by atoms with Crippen LogP contribution in [-0.2, 0) is 0 Å². The van der Waals surface area contributed by atoms with Crippen molar-refractivity contribution in [1.82, 2.24) is 10.2 Å². The van der Waals surface area contributed by atoms with Gasteiger partial charge >= 0.3 is 0 Å². The molecule has 0 aliphatic heterocycles. The predicted molar refractivity (Wildman–Crippen MR) is 88.1 cm³/mol. The molecule has 0 amide bonds. The number of benzene rings is 2. The van der Waals surface area contributed by atoms with Crippen LogP contribution >= 0.6 is 11.6 Å². The summed E-state index contributed by atoms with van der Waals surface area (Å²) in [6.45, 7) is 0. The van der Waals surface area contributed by atoms with E-state index in [0.29, 0.717) is 21.8 Å². The Morgan fingerprint density at radius 1 is 1.17 bits per heavy atom. The van der Waals surface area contributed by atoms with Crippen molar-refractivity contribution in [3.8, 4) is 0 Å². The Hall–Kier alpha value is -2.20. The average Bonchev–Trinajstić information content (AvgIpc) is 3.30. The molecular formula is C18H13ClF2N2. The van der Waals surface area contributed by atoms with Crippen LogP contribution in [0.4, 0.5) is 8.78 Å². The van der Waals surface area contributed by atoms with E-state index in [1.54, 1.807) is 18.2 Å². The van der Waals surface area contributed by atoms with E-state index < -0.39 is 5.95 Å². The van der Waals surface area contributed by atoms with Crippen LogP contribution in [0.2, 0.25) is 5.02 Å². The van der Waals surface area contributed by atoms with E-state index in [4.69, 9.17) is 11.6 Å². The molecule has 1 aliphatic carbocycles. The van der Waals surface area contributed by atoms with Gasteiger partial charge in [0.15, 0.2) is 0 Å². The van der Waals surface area contributed by atoms with Crippen LogP contribution in [0.1, 0.15) is 24.0 Å². The van der Waals surface area contributed by atoms with Crippen molar-refractivity contribution >= 4 is 34.2 Å². The summed E-state index contributed by atoms with van der Waals surface area (Å²) < 4.78 is 26.9. The van der Waals surface area contributed by atoms with Crippen LogP contribution in [0.15, 0.2) is 36.4 Å². The standard InChI is InChI=1S/C18H13ClF2N2/c19-16-9-12(20)4-5-13(16)14(11-2-3-11)7-10-1-6-17-15(8-10)18(21)23-22-17/h1,4-9,11H,2-3H2,(H,22,23)/b14-7+. The second-order valence-corrected chi connectivity index (χ2v) is 6.22. The minimum atomic E-state index is -0.442. The lowest BCUT2D eigenvalue weighted by Gasteiger charge is -2.09. The van der Waals surface area contributed by atoms with E-state index in [9.17, 15) is 8.78 Å². The smallest absolute Gasteiger partial charge is 0.216 e. The molecule has 3 aromatic rings. The molecule has 0 atom stereocenters. The zero-order valence-electron chi connectivity index (χ0n) is 12.1. The van der Waals surface area contributed by atoms with Gasteiger partial charge in [-0.15, -0.1) is 0 Å². The summed E-state index contributed by atoms with van der Waals surface area (Å²) in [6, 6.07) is 9.87. The van der Waals surface area contributed by atoms with Crippen molar-refractivity contribution in [2.24, 2.45) is 5.92 Å². The van der Waals surface area contributed by atoms with Crippen LogP contribution < -0.4 is 0 Å². The highest BCUT2D eigenvalue weighted by atomic mass is 35.5. The molecule has 0 bridgehead atoms. The van der Waals surface area contributed by atoms with Crippen LogP contribution in [0.5, 0.6) is 0 Å². The van der Waals surface area contributed by atoms with Crippen molar-refractivity contribution in [2.75, 3.05) is 0 Å². The number of rotatable bonds is 3. The summed E-state index contributed by atoms with van der Waals surface area (Å²) in [4.78, 5) is 0. The summed E-state index contributed by atoms with van der Waals surface area (Å²) in [7, 11) is 0. The first kappa shape index (κ1) is 14.4. The zero-order chi connectivity index (χ0) is 16.0. The molecule has 5 heteroatoms. The quantitative estimate of drug-likeness (QED) is 0.636. The second-order valence-electron chi connectivity index (χ2n) is 5.81. The highest BCUT2D eigenvalue weighted by Crippen LogP contribution is 2.45. The highest BCUT2D eigenvalue weighted by Gasteiger charge is 2.28. The Balaban J connectivity index is 1.82. The molecular weight excluding hydrogens is 318 g/mol. The number of nitrogens with zero attached hydrogens (tertiary/aromatic N) is 1. The molecule has 1 N–H and O–H groups in total. The maximum absolute atomic E-state index is 13.7. The first-order chi connectivity index (χ1) is 11.1. The summed E-state index contributed by atoms with van der Waals surface area (Å²) in [5.74, 6) is -0.373. The number of halogens is 3. The third-order valence-corrected chi connectivity index (χ3v) is 4.43. The number of aromatic amines is 1. The third-order valence-electron chi connectivity index (χ3n) is 4.11. The summed E-state index contributed by atoms with van der Waals surface area (Å²) in [6.07, 6.45) is 4.17. The van der Waals surface area contributed by atoms with E-state index in [2.05, 4.69) is 10.2 Å². The van der Waals surface area contributed by atoms with Crippen molar-refractivity contribution in [3.05, 3.63) is 64.3 Å². The van der Waals surface area contributed by atoms with Crippen LogP contribution in [-0.4, -0.2) is 10.2 Å². The minimum Gasteiger partial charge on any atom is -0.252 e. The predicted octanol–water partition coefficient (Wildman–Crippen LogP) is 5.45. The number of fused-ring (bicyclic) bond motifs is 1. The summed E-state index contributed by atoms with van der Waals surface area (Å²) in [5, 5.41) is 7.08. The van der Waals surface area contributed by atoms with Gasteiger partial charge in [-0.3, -0.25) is 5.10 Å². The molecule has 1 aliphatic rings. The summed E-state index contributed by atoms with van der Waals surface area (Å²) in [5.41, 5.74) is 3.37. The largest absolute Gasteiger partial charge is 0.252 e. The maximum Gasteiger partial charge on any atom is 0.216 e. The Bertz CT molecular complexity index is 926. The molecule has 0 spiro atoms. The molecule has 1 fully saturated rings. The molecule has 0 unspecified atom stereocenters. The number of allylic oxidation sites excluding steroid dienone is 1. The lowest BCUT2D eigenvalue weighted by molar-refractivity contribution is 0.588. The van der Waals surface area contributed by atoms with Gasteiger partial charge in [0, 0.05) is 0 Å². The van der Waals surface area contributed by atoms with Crippen LogP contribution in [0.3, 0.4) is 0 Å². The maximum atomic E-state index is 13.7. The van der Waals surface area contributed by atoms with Crippen LogP contribution in [0.25, 0.3) is 22.6 Å². The van der Waals surface area contributed by atoms with Crippen molar-refractivity contribution < 1.29 is 8.78 Å². The number of H-pyrrole nitrogens is 1. The normalized spacial score (nSPS) is 15.3. The molecule has 1 aromatic heterocycles. The van der Waals surface area contributed by atoms with Gasteiger partial charge in [-0.05, 0) is 59.7 Å². The van der Waals surface area contributed by atoms with E-state index >= 15 is 0 Å². The number of nitrogens with one attached hydrogen (secondary N) is 1. The van der Waals surface area contributed by atoms with Crippen molar-refractivity contribution in [1.29, 1.82) is 0 Å². The molecule has 2 nitrogen and oxygen atoms in total. The molecule has 4 rings (SSSR count). The first-order valence-corrected chi connectivity index (χ1v) is 7.80. The number of hydrogen-bond acceptors (Lipinski definition) is 1. The highest BCUT2D eigenvalue weighted by molar-refractivity contribution is 6.32. The second kappa shape index (κ2) is 5.46. The fourth-order valence-electron chi connectivity index (χ4n) is 2.80. The molecule has 1 heterocycles. The Kier molecular flexibility index (Phi) is 3.42. The van der Waals surface area contributed by atoms with E-state index in [-0.39, 0.29) is 5.82 Å². The Morgan fingerprint density at radius 3 is 2.74 bits per heavy atom. The number of hydrogen-bond donors (Lipinski definition) is 1. The van der Waals surface area contributed by atoms with E-state index in [1.165, 1.54) is 12.1 Å². The van der Waals surface area contributed by atoms with Gasteiger partial charge < -0.3 is 0 Å². The average molecular weight is 331 g/mol. The zero-order valence-corrected chi connectivity index (χ0v) is 12.9. The lowest BCUT2D eigenvalue weighted by Crippen LogP contribution is -1.90. The van der Waals surface area contributed by atoms with Gasteiger partial charge in [0.1, 0.15) is 5.82 Å². The van der Waals surface area contributed by atoms with Gasteiger partial charge in [0.05, 0.1) is 15.9 Å². The molecule has 116 valence electrons. The van der Waals surface area contributed by atoms with E-state index in [0.717, 1.165) is 29.5 Å². The molecule has 23 heavy (non-hydrogen) atoms.